The Morgan fingerprint density at radius 2 is 1.78 bits per heavy atom. The van der Waals surface area contributed by atoms with E-state index < -0.39 is 15.6 Å². The molecule has 0 saturated heterocycles. The molecule has 2 aromatic rings. The van der Waals surface area contributed by atoms with Gasteiger partial charge in [0.15, 0.2) is 0 Å². The summed E-state index contributed by atoms with van der Waals surface area (Å²) in [4.78, 5) is 12.5. The van der Waals surface area contributed by atoms with Crippen molar-refractivity contribution in [3.8, 4) is 0 Å². The standard InChI is InChI=1S/C19H25N3O3S.ClH/c1-4-12-19(3,20)18(23)21-15-11-10-14(2)17(13-15)22-26(24,25)16-8-6-5-7-9-16;/h5-11,13,22H,4,12,20H2,1-3H3,(H,21,23);1H. The fourth-order valence-electron chi connectivity index (χ4n) is 2.52. The zero-order valence-electron chi connectivity index (χ0n) is 15.7. The molecule has 6 nitrogen and oxygen atoms in total. The third kappa shape index (κ3) is 5.95. The van der Waals surface area contributed by atoms with Crippen LogP contribution in [-0.4, -0.2) is 19.9 Å². The number of nitrogens with one attached hydrogen (secondary N) is 2. The lowest BCUT2D eigenvalue weighted by Crippen LogP contribution is -2.48. The molecule has 4 N–H and O–H groups in total. The van der Waals surface area contributed by atoms with Gasteiger partial charge in [-0.2, -0.15) is 0 Å². The number of halogens is 1. The average Bonchev–Trinajstić information content (AvgIpc) is 2.58. The van der Waals surface area contributed by atoms with Crippen LogP contribution >= 0.6 is 12.4 Å². The van der Waals surface area contributed by atoms with Gasteiger partial charge in [-0.15, -0.1) is 12.4 Å². The van der Waals surface area contributed by atoms with Gasteiger partial charge < -0.3 is 11.1 Å². The van der Waals surface area contributed by atoms with Crippen LogP contribution in [-0.2, 0) is 14.8 Å². The van der Waals surface area contributed by atoms with Crippen molar-refractivity contribution in [2.45, 2.75) is 44.0 Å². The largest absolute Gasteiger partial charge is 0.324 e. The molecule has 1 unspecified atom stereocenters. The maximum absolute atomic E-state index is 12.5. The SMILES string of the molecule is CCCC(C)(N)C(=O)Nc1ccc(C)c(NS(=O)(=O)c2ccccc2)c1.Cl. The molecule has 2 rings (SSSR count). The van der Waals surface area contributed by atoms with Crippen molar-refractivity contribution in [1.29, 1.82) is 0 Å². The van der Waals surface area contributed by atoms with E-state index in [2.05, 4.69) is 10.0 Å². The van der Waals surface area contributed by atoms with Gasteiger partial charge in [0.05, 0.1) is 16.1 Å². The summed E-state index contributed by atoms with van der Waals surface area (Å²) in [7, 11) is -3.71. The lowest BCUT2D eigenvalue weighted by atomic mass is 9.96. The van der Waals surface area contributed by atoms with E-state index in [4.69, 9.17) is 5.73 Å². The van der Waals surface area contributed by atoms with Gasteiger partial charge in [-0.25, -0.2) is 8.42 Å². The molecule has 0 saturated carbocycles. The number of anilines is 2. The quantitative estimate of drug-likeness (QED) is 0.646. The van der Waals surface area contributed by atoms with Crippen molar-refractivity contribution >= 4 is 39.7 Å². The van der Waals surface area contributed by atoms with E-state index in [0.717, 1.165) is 12.0 Å². The van der Waals surface area contributed by atoms with Crippen molar-refractivity contribution in [2.24, 2.45) is 5.73 Å². The second kappa shape index (κ2) is 9.21. The second-order valence-corrected chi connectivity index (χ2v) is 8.25. The molecule has 0 aliphatic carbocycles. The number of rotatable bonds is 7. The van der Waals surface area contributed by atoms with Crippen molar-refractivity contribution in [3.63, 3.8) is 0 Å². The molecule has 0 spiro atoms. The Hall–Kier alpha value is -2.09. The first-order valence-corrected chi connectivity index (χ1v) is 9.93. The summed E-state index contributed by atoms with van der Waals surface area (Å²) < 4.78 is 27.6. The molecule has 148 valence electrons. The fourth-order valence-corrected chi connectivity index (χ4v) is 3.66. The minimum absolute atomic E-state index is 0. The van der Waals surface area contributed by atoms with Gasteiger partial charge in [-0.3, -0.25) is 9.52 Å². The van der Waals surface area contributed by atoms with Gasteiger partial charge in [-0.1, -0.05) is 37.6 Å². The predicted octanol–water partition coefficient (Wildman–Crippen LogP) is 3.67. The normalized spacial score (nSPS) is 13.2. The molecular formula is C19H26ClN3O3S. The summed E-state index contributed by atoms with van der Waals surface area (Å²) in [6.45, 7) is 5.43. The van der Waals surface area contributed by atoms with Crippen LogP contribution in [0.25, 0.3) is 0 Å². The van der Waals surface area contributed by atoms with Crippen LogP contribution in [0.2, 0.25) is 0 Å². The molecule has 0 aromatic heterocycles. The van der Waals surface area contributed by atoms with Crippen molar-refractivity contribution < 1.29 is 13.2 Å². The number of carbonyl (C=O) groups excluding carboxylic acids is 1. The first-order valence-electron chi connectivity index (χ1n) is 8.44. The smallest absolute Gasteiger partial charge is 0.261 e. The third-order valence-corrected chi connectivity index (χ3v) is 5.46. The second-order valence-electron chi connectivity index (χ2n) is 6.57. The van der Waals surface area contributed by atoms with Crippen LogP contribution in [0.15, 0.2) is 53.4 Å². The summed E-state index contributed by atoms with van der Waals surface area (Å²) in [5, 5.41) is 2.76. The first kappa shape index (κ1) is 23.0. The minimum Gasteiger partial charge on any atom is -0.324 e. The fraction of sp³-hybridized carbons (Fsp3) is 0.316. The highest BCUT2D eigenvalue weighted by atomic mass is 35.5. The third-order valence-electron chi connectivity index (χ3n) is 4.08. The highest BCUT2D eigenvalue weighted by molar-refractivity contribution is 7.92. The maximum atomic E-state index is 12.5. The summed E-state index contributed by atoms with van der Waals surface area (Å²) >= 11 is 0. The summed E-state index contributed by atoms with van der Waals surface area (Å²) in [6.07, 6.45) is 1.34. The summed E-state index contributed by atoms with van der Waals surface area (Å²) in [5.41, 5.74) is 6.69. The molecule has 0 aliphatic heterocycles. The van der Waals surface area contributed by atoms with E-state index in [1.807, 2.05) is 6.92 Å². The molecule has 0 aliphatic rings. The Kier molecular flexibility index (Phi) is 7.83. The van der Waals surface area contributed by atoms with Crippen LogP contribution in [0, 0.1) is 6.92 Å². The zero-order valence-corrected chi connectivity index (χ0v) is 17.3. The number of aryl methyl sites for hydroxylation is 1. The Balaban J connectivity index is 0.00000364. The first-order chi connectivity index (χ1) is 12.2. The number of amides is 1. The molecule has 1 atom stereocenters. The van der Waals surface area contributed by atoms with Crippen LogP contribution in [0.4, 0.5) is 11.4 Å². The van der Waals surface area contributed by atoms with E-state index in [1.165, 1.54) is 12.1 Å². The Bertz CT molecular complexity index is 884. The molecule has 8 heteroatoms. The van der Waals surface area contributed by atoms with Gasteiger partial charge in [0.2, 0.25) is 5.91 Å². The number of sulfonamides is 1. The number of hydrogen-bond acceptors (Lipinski definition) is 4. The summed E-state index contributed by atoms with van der Waals surface area (Å²) in [5.74, 6) is -0.305. The van der Waals surface area contributed by atoms with E-state index in [9.17, 15) is 13.2 Å². The number of carbonyl (C=O) groups is 1. The van der Waals surface area contributed by atoms with E-state index in [0.29, 0.717) is 17.8 Å². The highest BCUT2D eigenvalue weighted by Crippen LogP contribution is 2.24. The number of hydrogen-bond donors (Lipinski definition) is 3. The van der Waals surface area contributed by atoms with Crippen molar-refractivity contribution in [1.82, 2.24) is 0 Å². The zero-order chi connectivity index (χ0) is 19.4. The molecular weight excluding hydrogens is 386 g/mol. The van der Waals surface area contributed by atoms with E-state index in [1.54, 1.807) is 50.2 Å². The molecule has 0 fully saturated rings. The van der Waals surface area contributed by atoms with Crippen molar-refractivity contribution in [3.05, 3.63) is 54.1 Å². The lowest BCUT2D eigenvalue weighted by molar-refractivity contribution is -0.120. The Morgan fingerprint density at radius 3 is 2.37 bits per heavy atom. The monoisotopic (exact) mass is 411 g/mol. The minimum atomic E-state index is -3.71. The Morgan fingerprint density at radius 1 is 1.15 bits per heavy atom. The molecule has 0 bridgehead atoms. The molecule has 27 heavy (non-hydrogen) atoms. The van der Waals surface area contributed by atoms with Crippen LogP contribution in [0.1, 0.15) is 32.3 Å². The highest BCUT2D eigenvalue weighted by Gasteiger charge is 2.27. The van der Waals surface area contributed by atoms with Gasteiger partial charge >= 0.3 is 0 Å². The maximum Gasteiger partial charge on any atom is 0.261 e. The topological polar surface area (TPSA) is 101 Å². The molecule has 2 aromatic carbocycles. The van der Waals surface area contributed by atoms with Crippen LogP contribution < -0.4 is 15.8 Å². The van der Waals surface area contributed by atoms with Gasteiger partial charge in [0, 0.05) is 5.69 Å². The molecule has 1 amide bonds. The molecule has 0 radical (unpaired) electrons. The van der Waals surface area contributed by atoms with Crippen LogP contribution in [0.3, 0.4) is 0 Å². The lowest BCUT2D eigenvalue weighted by Gasteiger charge is -2.23. The number of benzene rings is 2. The summed E-state index contributed by atoms with van der Waals surface area (Å²) in [6, 6.07) is 13.2. The van der Waals surface area contributed by atoms with Crippen molar-refractivity contribution in [2.75, 3.05) is 10.0 Å². The molecule has 0 heterocycles. The number of nitrogens with two attached hydrogens (primary N) is 1. The Labute approximate surface area is 167 Å². The van der Waals surface area contributed by atoms with E-state index >= 15 is 0 Å². The van der Waals surface area contributed by atoms with Gasteiger partial charge in [-0.05, 0) is 50.1 Å². The van der Waals surface area contributed by atoms with E-state index in [-0.39, 0.29) is 23.2 Å². The van der Waals surface area contributed by atoms with Gasteiger partial charge in [0.1, 0.15) is 0 Å². The van der Waals surface area contributed by atoms with Crippen LogP contribution in [0.5, 0.6) is 0 Å². The average molecular weight is 412 g/mol. The van der Waals surface area contributed by atoms with Gasteiger partial charge in [0.25, 0.3) is 10.0 Å². The predicted molar refractivity (Wildman–Crippen MR) is 112 cm³/mol.